The number of ether oxygens (including phenoxy) is 1. The smallest absolute Gasteiger partial charge is 0.250 e. The zero-order valence-corrected chi connectivity index (χ0v) is 13.2. The molecular formula is C16H27N3O3. The lowest BCUT2D eigenvalue weighted by Gasteiger charge is -2.32. The number of nitrogens with zero attached hydrogens (tertiary/aromatic N) is 1. The molecule has 6 nitrogen and oxygen atoms in total. The minimum atomic E-state index is -0.433. The zero-order valence-electron chi connectivity index (χ0n) is 13.2. The largest absolute Gasteiger partial charge is 0.366 e. The average Bonchev–Trinajstić information content (AvgIpc) is 3.32. The van der Waals surface area contributed by atoms with E-state index in [1.54, 1.807) is 0 Å². The Morgan fingerprint density at radius 1 is 1.00 bits per heavy atom. The van der Waals surface area contributed by atoms with E-state index in [2.05, 4.69) is 10.6 Å². The van der Waals surface area contributed by atoms with Gasteiger partial charge in [-0.25, -0.2) is 0 Å². The second-order valence-corrected chi connectivity index (χ2v) is 6.78. The summed E-state index contributed by atoms with van der Waals surface area (Å²) in [6, 6.07) is 0.692. The van der Waals surface area contributed by atoms with Crippen LogP contribution >= 0.6 is 0 Å². The second-order valence-electron chi connectivity index (χ2n) is 6.78. The van der Waals surface area contributed by atoms with Crippen molar-refractivity contribution in [2.24, 2.45) is 0 Å². The van der Waals surface area contributed by atoms with Crippen LogP contribution in [0.15, 0.2) is 0 Å². The molecule has 2 N–H and O–H groups in total. The topological polar surface area (TPSA) is 70.7 Å². The van der Waals surface area contributed by atoms with Gasteiger partial charge in [0.05, 0.1) is 13.2 Å². The maximum Gasteiger partial charge on any atom is 0.250 e. The monoisotopic (exact) mass is 309 g/mol. The van der Waals surface area contributed by atoms with Crippen LogP contribution in [-0.4, -0.2) is 61.1 Å². The molecule has 0 spiro atoms. The molecule has 0 radical (unpaired) electrons. The molecule has 0 aromatic carbocycles. The molecule has 1 saturated heterocycles. The Bertz CT molecular complexity index is 405. The van der Waals surface area contributed by atoms with Crippen molar-refractivity contribution in [2.75, 3.05) is 26.2 Å². The van der Waals surface area contributed by atoms with Crippen molar-refractivity contribution in [3.05, 3.63) is 0 Å². The third-order valence-corrected chi connectivity index (χ3v) is 4.70. The van der Waals surface area contributed by atoms with Crippen molar-refractivity contribution in [1.82, 2.24) is 15.5 Å². The minimum Gasteiger partial charge on any atom is -0.366 e. The quantitative estimate of drug-likeness (QED) is 0.772. The molecule has 0 aromatic heterocycles. The maximum atomic E-state index is 12.1. The third-order valence-electron chi connectivity index (χ3n) is 4.70. The lowest BCUT2D eigenvalue weighted by Crippen LogP contribution is -2.53. The summed E-state index contributed by atoms with van der Waals surface area (Å²) in [5.74, 6) is 0.0510. The van der Waals surface area contributed by atoms with E-state index in [9.17, 15) is 9.59 Å². The summed E-state index contributed by atoms with van der Waals surface area (Å²) in [4.78, 5) is 26.2. The van der Waals surface area contributed by atoms with Gasteiger partial charge in [0.2, 0.25) is 5.91 Å². The SMILES string of the molecule is O=C(CN1CCOC(C(=O)NC2CC2)C1)NC1CCCCC1. The van der Waals surface area contributed by atoms with Crippen molar-refractivity contribution >= 4 is 11.8 Å². The van der Waals surface area contributed by atoms with E-state index in [-0.39, 0.29) is 11.8 Å². The van der Waals surface area contributed by atoms with Gasteiger partial charge in [0.1, 0.15) is 6.10 Å². The van der Waals surface area contributed by atoms with Crippen LogP contribution in [0.1, 0.15) is 44.9 Å². The first kappa shape index (κ1) is 15.7. The first-order valence-corrected chi connectivity index (χ1v) is 8.64. The number of amides is 2. The van der Waals surface area contributed by atoms with Gasteiger partial charge in [0.15, 0.2) is 0 Å². The van der Waals surface area contributed by atoms with Gasteiger partial charge >= 0.3 is 0 Å². The fraction of sp³-hybridized carbons (Fsp3) is 0.875. The van der Waals surface area contributed by atoms with E-state index in [4.69, 9.17) is 4.74 Å². The molecular weight excluding hydrogens is 282 g/mol. The van der Waals surface area contributed by atoms with Crippen molar-refractivity contribution < 1.29 is 14.3 Å². The van der Waals surface area contributed by atoms with Crippen LogP contribution in [0.5, 0.6) is 0 Å². The van der Waals surface area contributed by atoms with E-state index in [1.807, 2.05) is 4.90 Å². The summed E-state index contributed by atoms with van der Waals surface area (Å²) in [5.41, 5.74) is 0. The number of carbonyl (C=O) groups is 2. The number of hydrogen-bond donors (Lipinski definition) is 2. The van der Waals surface area contributed by atoms with E-state index >= 15 is 0 Å². The number of nitrogens with one attached hydrogen (secondary N) is 2. The molecule has 124 valence electrons. The maximum absolute atomic E-state index is 12.1. The summed E-state index contributed by atoms with van der Waals surface area (Å²) in [6.07, 6.45) is 7.63. The van der Waals surface area contributed by atoms with Gasteiger partial charge in [-0.15, -0.1) is 0 Å². The molecule has 1 unspecified atom stereocenters. The normalized spacial score (nSPS) is 27.4. The third kappa shape index (κ3) is 4.68. The molecule has 6 heteroatoms. The Hall–Kier alpha value is -1.14. The molecule has 1 heterocycles. The van der Waals surface area contributed by atoms with Crippen LogP contribution < -0.4 is 10.6 Å². The number of rotatable bonds is 5. The summed E-state index contributed by atoms with van der Waals surface area (Å²) in [7, 11) is 0. The van der Waals surface area contributed by atoms with Gasteiger partial charge in [0, 0.05) is 25.2 Å². The molecule has 2 aliphatic carbocycles. The van der Waals surface area contributed by atoms with Gasteiger partial charge in [0.25, 0.3) is 5.91 Å². The highest BCUT2D eigenvalue weighted by Gasteiger charge is 2.31. The summed E-state index contributed by atoms with van der Waals surface area (Å²) >= 11 is 0. The number of morpholine rings is 1. The van der Waals surface area contributed by atoms with Gasteiger partial charge in [-0.2, -0.15) is 0 Å². The minimum absolute atomic E-state index is 0.0279. The van der Waals surface area contributed by atoms with Crippen molar-refractivity contribution in [3.8, 4) is 0 Å². The number of carbonyl (C=O) groups excluding carboxylic acids is 2. The van der Waals surface area contributed by atoms with Gasteiger partial charge < -0.3 is 15.4 Å². The van der Waals surface area contributed by atoms with Gasteiger partial charge in [-0.1, -0.05) is 19.3 Å². The van der Waals surface area contributed by atoms with Crippen LogP contribution in [0.4, 0.5) is 0 Å². The van der Waals surface area contributed by atoms with Gasteiger partial charge in [-0.3, -0.25) is 14.5 Å². The molecule has 22 heavy (non-hydrogen) atoms. The molecule has 3 rings (SSSR count). The zero-order chi connectivity index (χ0) is 15.4. The molecule has 3 fully saturated rings. The molecule has 2 amide bonds. The van der Waals surface area contributed by atoms with E-state index < -0.39 is 6.10 Å². The van der Waals surface area contributed by atoms with E-state index in [1.165, 1.54) is 19.3 Å². The Kier molecular flexibility index (Phi) is 5.31. The highest BCUT2D eigenvalue weighted by atomic mass is 16.5. The van der Waals surface area contributed by atoms with Crippen LogP contribution in [0.25, 0.3) is 0 Å². The Morgan fingerprint density at radius 2 is 1.73 bits per heavy atom. The lowest BCUT2D eigenvalue weighted by atomic mass is 9.95. The average molecular weight is 309 g/mol. The summed E-state index contributed by atoms with van der Waals surface area (Å²) in [5, 5.41) is 6.10. The fourth-order valence-electron chi connectivity index (χ4n) is 3.25. The first-order chi connectivity index (χ1) is 10.7. The first-order valence-electron chi connectivity index (χ1n) is 8.64. The molecule has 1 aliphatic heterocycles. The fourth-order valence-corrected chi connectivity index (χ4v) is 3.25. The van der Waals surface area contributed by atoms with Crippen molar-refractivity contribution in [3.63, 3.8) is 0 Å². The standard InChI is InChI=1S/C16H27N3O3/c20-15(17-12-4-2-1-3-5-12)11-19-8-9-22-14(10-19)16(21)18-13-6-7-13/h12-14H,1-11H2,(H,17,20)(H,18,21). The lowest BCUT2D eigenvalue weighted by molar-refractivity contribution is -0.140. The van der Waals surface area contributed by atoms with E-state index in [0.29, 0.717) is 38.3 Å². The van der Waals surface area contributed by atoms with Crippen LogP contribution in [-0.2, 0) is 14.3 Å². The Morgan fingerprint density at radius 3 is 2.45 bits per heavy atom. The predicted octanol–water partition coefficient (Wildman–Crippen LogP) is 0.415. The molecule has 3 aliphatic rings. The Labute approximate surface area is 131 Å². The summed E-state index contributed by atoms with van der Waals surface area (Å²) < 4.78 is 5.54. The number of hydrogen-bond acceptors (Lipinski definition) is 4. The highest BCUT2D eigenvalue weighted by molar-refractivity contribution is 5.82. The van der Waals surface area contributed by atoms with Gasteiger partial charge in [-0.05, 0) is 25.7 Å². The Balaban J connectivity index is 1.40. The predicted molar refractivity (Wildman–Crippen MR) is 82.4 cm³/mol. The van der Waals surface area contributed by atoms with Crippen molar-refractivity contribution in [1.29, 1.82) is 0 Å². The highest BCUT2D eigenvalue weighted by Crippen LogP contribution is 2.19. The van der Waals surface area contributed by atoms with E-state index in [0.717, 1.165) is 25.7 Å². The van der Waals surface area contributed by atoms with Crippen LogP contribution in [0.3, 0.4) is 0 Å². The molecule has 2 saturated carbocycles. The summed E-state index contributed by atoms with van der Waals surface area (Å²) in [6.45, 7) is 2.11. The van der Waals surface area contributed by atoms with Crippen LogP contribution in [0, 0.1) is 0 Å². The van der Waals surface area contributed by atoms with Crippen molar-refractivity contribution in [2.45, 2.75) is 63.1 Å². The van der Waals surface area contributed by atoms with Crippen LogP contribution in [0.2, 0.25) is 0 Å². The molecule has 0 aromatic rings. The molecule has 1 atom stereocenters. The molecule has 0 bridgehead atoms. The second kappa shape index (κ2) is 7.42.